The van der Waals surface area contributed by atoms with Gasteiger partial charge in [0.15, 0.2) is 0 Å². The Hall–Kier alpha value is -2.95. The molecule has 5 heteroatoms. The molecule has 0 saturated heterocycles. The third kappa shape index (κ3) is 3.87. The van der Waals surface area contributed by atoms with Crippen LogP contribution in [-0.2, 0) is 4.79 Å². The predicted octanol–water partition coefficient (Wildman–Crippen LogP) is 2.67. The first-order valence-corrected chi connectivity index (χ1v) is 7.74. The van der Waals surface area contributed by atoms with E-state index < -0.39 is 0 Å². The topological polar surface area (TPSA) is 56.8 Å². The average Bonchev–Trinajstić information content (AvgIpc) is 2.64. The van der Waals surface area contributed by atoms with Crippen LogP contribution in [0.4, 0.5) is 0 Å². The number of methoxy groups -OCH3 is 1. The molecule has 2 aromatic rings. The zero-order valence-corrected chi connectivity index (χ0v) is 13.5. The first-order chi connectivity index (χ1) is 11.8. The summed E-state index contributed by atoms with van der Waals surface area (Å²) in [6, 6.07) is 15.0. The van der Waals surface area contributed by atoms with Crippen LogP contribution in [0, 0.1) is 0 Å². The van der Waals surface area contributed by atoms with Gasteiger partial charge in [-0.2, -0.15) is 0 Å². The predicted molar refractivity (Wildman–Crippen MR) is 91.4 cm³/mol. The molecule has 5 nitrogen and oxygen atoms in total. The second-order valence-electron chi connectivity index (χ2n) is 5.28. The van der Waals surface area contributed by atoms with E-state index in [-0.39, 0.29) is 12.5 Å². The smallest absolute Gasteiger partial charge is 0.250 e. The molecule has 1 heterocycles. The Labute approximate surface area is 140 Å². The second kappa shape index (κ2) is 7.55. The lowest BCUT2D eigenvalue weighted by Crippen LogP contribution is -2.31. The minimum absolute atomic E-state index is 0.140. The molecule has 1 aliphatic rings. The van der Waals surface area contributed by atoms with Crippen LogP contribution in [0.3, 0.4) is 0 Å². The van der Waals surface area contributed by atoms with Gasteiger partial charge in [-0.1, -0.05) is 24.3 Å². The van der Waals surface area contributed by atoms with Crippen LogP contribution in [0.25, 0.3) is 6.08 Å². The summed E-state index contributed by atoms with van der Waals surface area (Å²) in [5.74, 6) is 2.10. The van der Waals surface area contributed by atoms with Gasteiger partial charge in [-0.3, -0.25) is 4.79 Å². The molecule has 1 N–H and O–H groups in total. The normalized spacial score (nSPS) is 12.5. The summed E-state index contributed by atoms with van der Waals surface area (Å²) in [5.41, 5.74) is 1.52. The molecule has 2 aromatic carbocycles. The van der Waals surface area contributed by atoms with E-state index in [1.807, 2.05) is 48.5 Å². The molecule has 0 aliphatic carbocycles. The van der Waals surface area contributed by atoms with Gasteiger partial charge in [-0.05, 0) is 24.3 Å². The highest BCUT2D eigenvalue weighted by atomic mass is 16.5. The lowest BCUT2D eigenvalue weighted by atomic mass is 10.1. The largest absolute Gasteiger partial charge is 0.497 e. The number of ether oxygens (including phenoxy) is 3. The number of benzene rings is 2. The van der Waals surface area contributed by atoms with Gasteiger partial charge in [0.05, 0.1) is 19.2 Å². The Bertz CT molecular complexity index is 755. The Morgan fingerprint density at radius 2 is 2.00 bits per heavy atom. The van der Waals surface area contributed by atoms with Gasteiger partial charge in [0.25, 0.3) is 5.91 Å². The summed E-state index contributed by atoms with van der Waals surface area (Å²) < 4.78 is 16.3. The number of hydrogen-bond donors (Lipinski definition) is 1. The van der Waals surface area contributed by atoms with Crippen molar-refractivity contribution < 1.29 is 19.0 Å². The minimum Gasteiger partial charge on any atom is -0.497 e. The molecule has 0 bridgehead atoms. The summed E-state index contributed by atoms with van der Waals surface area (Å²) >= 11 is 0. The molecule has 3 rings (SSSR count). The Kier molecular flexibility index (Phi) is 5.01. The van der Waals surface area contributed by atoms with Crippen molar-refractivity contribution in [1.29, 1.82) is 0 Å². The number of rotatable bonds is 6. The van der Waals surface area contributed by atoms with Crippen molar-refractivity contribution in [3.05, 3.63) is 59.7 Å². The van der Waals surface area contributed by atoms with Crippen LogP contribution in [0.1, 0.15) is 5.56 Å². The third-order valence-electron chi connectivity index (χ3n) is 3.62. The monoisotopic (exact) mass is 325 g/mol. The number of carbonyl (C=O) groups is 1. The third-order valence-corrected chi connectivity index (χ3v) is 3.62. The average molecular weight is 325 g/mol. The SMILES string of the molecule is COc1cccc(OCCNC(=O)C2=Cc3ccccc3OC2)c1. The molecule has 0 fully saturated rings. The fourth-order valence-electron chi connectivity index (χ4n) is 2.39. The van der Waals surface area contributed by atoms with Gasteiger partial charge in [-0.25, -0.2) is 0 Å². The number of para-hydroxylation sites is 1. The van der Waals surface area contributed by atoms with Gasteiger partial charge in [0.1, 0.15) is 30.5 Å². The zero-order valence-electron chi connectivity index (χ0n) is 13.5. The van der Waals surface area contributed by atoms with E-state index in [1.165, 1.54) is 0 Å². The number of carbonyl (C=O) groups excluding carboxylic acids is 1. The minimum atomic E-state index is -0.140. The van der Waals surface area contributed by atoms with E-state index in [0.717, 1.165) is 17.1 Å². The maximum atomic E-state index is 12.2. The highest BCUT2D eigenvalue weighted by Gasteiger charge is 2.16. The van der Waals surface area contributed by atoms with Crippen molar-refractivity contribution in [2.45, 2.75) is 0 Å². The molecule has 124 valence electrons. The molecule has 0 aromatic heterocycles. The van der Waals surface area contributed by atoms with E-state index in [0.29, 0.717) is 24.5 Å². The van der Waals surface area contributed by atoms with Gasteiger partial charge >= 0.3 is 0 Å². The number of amides is 1. The quantitative estimate of drug-likeness (QED) is 0.830. The molecule has 0 saturated carbocycles. The molecular weight excluding hydrogens is 306 g/mol. The lowest BCUT2D eigenvalue weighted by Gasteiger charge is -2.17. The summed E-state index contributed by atoms with van der Waals surface area (Å²) in [4.78, 5) is 12.2. The number of hydrogen-bond acceptors (Lipinski definition) is 4. The van der Waals surface area contributed by atoms with Crippen LogP contribution in [0.15, 0.2) is 54.1 Å². The van der Waals surface area contributed by atoms with E-state index >= 15 is 0 Å². The van der Waals surface area contributed by atoms with E-state index in [1.54, 1.807) is 13.2 Å². The highest BCUT2D eigenvalue weighted by Crippen LogP contribution is 2.25. The van der Waals surface area contributed by atoms with E-state index in [4.69, 9.17) is 14.2 Å². The van der Waals surface area contributed by atoms with Crippen molar-refractivity contribution in [1.82, 2.24) is 5.32 Å². The molecule has 1 amide bonds. The van der Waals surface area contributed by atoms with Crippen molar-refractivity contribution in [2.75, 3.05) is 26.9 Å². The van der Waals surface area contributed by atoms with Gasteiger partial charge < -0.3 is 19.5 Å². The van der Waals surface area contributed by atoms with E-state index in [2.05, 4.69) is 5.32 Å². The number of nitrogens with one attached hydrogen (secondary N) is 1. The summed E-state index contributed by atoms with van der Waals surface area (Å²) in [6.45, 7) is 1.07. The first-order valence-electron chi connectivity index (χ1n) is 7.74. The fourth-order valence-corrected chi connectivity index (χ4v) is 2.39. The molecule has 1 aliphatic heterocycles. The van der Waals surface area contributed by atoms with Crippen LogP contribution < -0.4 is 19.5 Å². The Balaban J connectivity index is 1.49. The first kappa shape index (κ1) is 15.9. The standard InChI is InChI=1S/C19H19NO4/c1-22-16-6-4-7-17(12-16)23-10-9-20-19(21)15-11-14-5-2-3-8-18(14)24-13-15/h2-8,11-12H,9-10,13H2,1H3,(H,20,21). The molecule has 0 atom stereocenters. The Morgan fingerprint density at radius 3 is 2.88 bits per heavy atom. The molecular formula is C19H19NO4. The Morgan fingerprint density at radius 1 is 1.17 bits per heavy atom. The summed E-state index contributed by atoms with van der Waals surface area (Å²) in [6.07, 6.45) is 1.86. The van der Waals surface area contributed by atoms with Crippen molar-refractivity contribution in [3.63, 3.8) is 0 Å². The zero-order chi connectivity index (χ0) is 16.8. The molecule has 0 spiro atoms. The maximum Gasteiger partial charge on any atom is 0.250 e. The van der Waals surface area contributed by atoms with Crippen LogP contribution >= 0.6 is 0 Å². The second-order valence-corrected chi connectivity index (χ2v) is 5.28. The van der Waals surface area contributed by atoms with Gasteiger partial charge in [0, 0.05) is 11.6 Å². The van der Waals surface area contributed by atoms with Gasteiger partial charge in [0.2, 0.25) is 0 Å². The number of fused-ring (bicyclic) bond motifs is 1. The molecule has 0 unspecified atom stereocenters. The maximum absolute atomic E-state index is 12.2. The van der Waals surface area contributed by atoms with Gasteiger partial charge in [-0.15, -0.1) is 0 Å². The van der Waals surface area contributed by atoms with E-state index in [9.17, 15) is 4.79 Å². The van der Waals surface area contributed by atoms with Crippen LogP contribution in [-0.4, -0.2) is 32.8 Å². The summed E-state index contributed by atoms with van der Waals surface area (Å²) in [5, 5.41) is 2.84. The molecule has 0 radical (unpaired) electrons. The highest BCUT2D eigenvalue weighted by molar-refractivity contribution is 5.99. The molecule has 24 heavy (non-hydrogen) atoms. The van der Waals surface area contributed by atoms with Crippen LogP contribution in [0.2, 0.25) is 0 Å². The van der Waals surface area contributed by atoms with Crippen molar-refractivity contribution in [3.8, 4) is 17.2 Å². The van der Waals surface area contributed by atoms with Crippen molar-refractivity contribution >= 4 is 12.0 Å². The lowest BCUT2D eigenvalue weighted by molar-refractivity contribution is -0.117. The van der Waals surface area contributed by atoms with Crippen LogP contribution in [0.5, 0.6) is 17.2 Å². The van der Waals surface area contributed by atoms with Crippen molar-refractivity contribution in [2.24, 2.45) is 0 Å². The fraction of sp³-hybridized carbons (Fsp3) is 0.211. The summed E-state index contributed by atoms with van der Waals surface area (Å²) in [7, 11) is 1.61.